The van der Waals surface area contributed by atoms with Gasteiger partial charge in [-0.15, -0.1) is 0 Å². The summed E-state index contributed by atoms with van der Waals surface area (Å²) in [5.41, 5.74) is 0. The van der Waals surface area contributed by atoms with Gasteiger partial charge in [0.2, 0.25) is 0 Å². The van der Waals surface area contributed by atoms with Gasteiger partial charge in [-0.2, -0.15) is 0 Å². The largest absolute Gasteiger partial charge is 0.499 e. The maximum absolute atomic E-state index is 5.02. The Bertz CT molecular complexity index is 106. The fourth-order valence-electron chi connectivity index (χ4n) is 0.412. The van der Waals surface area contributed by atoms with E-state index in [0.29, 0.717) is 13.2 Å². The molecule has 0 aliphatic carbocycles. The Labute approximate surface area is 62.1 Å². The number of methoxy groups -OCH3 is 1. The predicted molar refractivity (Wildman–Crippen MR) is 41.8 cm³/mol. The summed E-state index contributed by atoms with van der Waals surface area (Å²) >= 11 is 0. The lowest BCUT2D eigenvalue weighted by Gasteiger charge is -1.96. The highest BCUT2D eigenvalue weighted by Gasteiger charge is 1.77. The molecule has 0 aliphatic heterocycles. The van der Waals surface area contributed by atoms with Gasteiger partial charge in [0.1, 0.15) is 6.61 Å². The van der Waals surface area contributed by atoms with Crippen molar-refractivity contribution in [2.75, 3.05) is 20.3 Å². The molecule has 0 aliphatic rings. The van der Waals surface area contributed by atoms with Gasteiger partial charge in [-0.25, -0.2) is 0 Å². The number of ether oxygens (including phenoxy) is 2. The second-order valence-electron chi connectivity index (χ2n) is 1.72. The Balaban J connectivity index is 3.02. The maximum atomic E-state index is 5.02. The summed E-state index contributed by atoms with van der Waals surface area (Å²) in [6.45, 7) is 3.21. The Morgan fingerprint density at radius 3 is 2.60 bits per heavy atom. The number of allylic oxidation sites excluding steroid dienone is 3. The third kappa shape index (κ3) is 7.24. The Hall–Kier alpha value is -0.760. The molecule has 0 spiro atoms. The van der Waals surface area contributed by atoms with Crippen molar-refractivity contribution in [2.45, 2.75) is 6.92 Å². The fraction of sp³-hybridized carbons (Fsp3) is 0.500. The molecule has 10 heavy (non-hydrogen) atoms. The molecule has 0 fully saturated rings. The summed E-state index contributed by atoms with van der Waals surface area (Å²) in [4.78, 5) is 0. The van der Waals surface area contributed by atoms with Crippen LogP contribution in [0.4, 0.5) is 0 Å². The Morgan fingerprint density at radius 2 is 2.00 bits per heavy atom. The third-order valence-electron chi connectivity index (χ3n) is 0.884. The molecular formula is C8H14O2. The topological polar surface area (TPSA) is 18.5 Å². The van der Waals surface area contributed by atoms with E-state index in [1.54, 1.807) is 13.4 Å². The predicted octanol–water partition coefficient (Wildman–Crippen LogP) is 1.74. The van der Waals surface area contributed by atoms with Crippen LogP contribution < -0.4 is 0 Å². The van der Waals surface area contributed by atoms with Gasteiger partial charge in [0.05, 0.1) is 12.9 Å². The normalized spacial score (nSPS) is 11.4. The molecule has 0 heterocycles. The van der Waals surface area contributed by atoms with Gasteiger partial charge in [0, 0.05) is 7.11 Å². The van der Waals surface area contributed by atoms with Crippen molar-refractivity contribution >= 4 is 0 Å². The van der Waals surface area contributed by atoms with Crippen molar-refractivity contribution in [3.05, 3.63) is 24.5 Å². The zero-order chi connectivity index (χ0) is 7.66. The van der Waals surface area contributed by atoms with Gasteiger partial charge in [0.15, 0.2) is 0 Å². The quantitative estimate of drug-likeness (QED) is 0.330. The average molecular weight is 142 g/mol. The van der Waals surface area contributed by atoms with Crippen molar-refractivity contribution < 1.29 is 9.47 Å². The first-order valence-electron chi connectivity index (χ1n) is 3.30. The molecule has 0 saturated carbocycles. The minimum Gasteiger partial charge on any atom is -0.499 e. The van der Waals surface area contributed by atoms with E-state index >= 15 is 0 Å². The van der Waals surface area contributed by atoms with Crippen molar-refractivity contribution in [3.8, 4) is 0 Å². The zero-order valence-corrected chi connectivity index (χ0v) is 6.54. The van der Waals surface area contributed by atoms with E-state index in [1.807, 2.05) is 25.2 Å². The van der Waals surface area contributed by atoms with Crippen LogP contribution in [-0.4, -0.2) is 20.3 Å². The van der Waals surface area contributed by atoms with E-state index in [4.69, 9.17) is 9.47 Å². The molecule has 0 atom stereocenters. The van der Waals surface area contributed by atoms with Crippen LogP contribution in [0.15, 0.2) is 24.5 Å². The number of hydrogen-bond acceptors (Lipinski definition) is 2. The van der Waals surface area contributed by atoms with Crippen LogP contribution in [0.2, 0.25) is 0 Å². The average Bonchev–Trinajstić information content (AvgIpc) is 1.97. The smallest absolute Gasteiger partial charge is 0.111 e. The highest BCUT2D eigenvalue weighted by Crippen LogP contribution is 1.80. The van der Waals surface area contributed by atoms with E-state index in [9.17, 15) is 0 Å². The Morgan fingerprint density at radius 1 is 1.20 bits per heavy atom. The molecule has 0 bridgehead atoms. The molecule has 0 aromatic carbocycles. The standard InChI is InChI=1S/C8H14O2/c1-3-4-5-6-10-8-7-9-2/h3-6H,7-8H2,1-2H3/b4-3+,6-5+. The molecule has 0 aromatic rings. The van der Waals surface area contributed by atoms with Crippen LogP contribution in [0.5, 0.6) is 0 Å². The van der Waals surface area contributed by atoms with Crippen molar-refractivity contribution in [3.63, 3.8) is 0 Å². The number of rotatable bonds is 5. The monoisotopic (exact) mass is 142 g/mol. The molecule has 2 heteroatoms. The zero-order valence-electron chi connectivity index (χ0n) is 6.54. The van der Waals surface area contributed by atoms with Crippen LogP contribution in [0.3, 0.4) is 0 Å². The second-order valence-corrected chi connectivity index (χ2v) is 1.72. The van der Waals surface area contributed by atoms with E-state index in [-0.39, 0.29) is 0 Å². The van der Waals surface area contributed by atoms with Crippen molar-refractivity contribution in [1.29, 1.82) is 0 Å². The minimum atomic E-state index is 0.616. The SMILES string of the molecule is C/C=C/C=C/OCCOC. The van der Waals surface area contributed by atoms with Gasteiger partial charge < -0.3 is 9.47 Å². The van der Waals surface area contributed by atoms with Crippen molar-refractivity contribution in [2.24, 2.45) is 0 Å². The summed E-state index contributed by atoms with van der Waals surface area (Å²) < 4.78 is 9.79. The number of hydrogen-bond donors (Lipinski definition) is 0. The van der Waals surface area contributed by atoms with E-state index in [1.165, 1.54) is 0 Å². The summed E-state index contributed by atoms with van der Waals surface area (Å²) in [5, 5.41) is 0. The molecule has 0 aromatic heterocycles. The summed E-state index contributed by atoms with van der Waals surface area (Å²) in [6.07, 6.45) is 7.34. The van der Waals surface area contributed by atoms with Gasteiger partial charge in [-0.3, -0.25) is 0 Å². The Kier molecular flexibility index (Phi) is 7.61. The highest BCUT2D eigenvalue weighted by atomic mass is 16.5. The van der Waals surface area contributed by atoms with Gasteiger partial charge >= 0.3 is 0 Å². The van der Waals surface area contributed by atoms with Crippen LogP contribution in [0.1, 0.15) is 6.92 Å². The summed E-state index contributed by atoms with van der Waals surface area (Å²) in [7, 11) is 1.65. The molecule has 58 valence electrons. The van der Waals surface area contributed by atoms with Crippen LogP contribution in [0.25, 0.3) is 0 Å². The summed E-state index contributed by atoms with van der Waals surface area (Å²) in [5.74, 6) is 0. The summed E-state index contributed by atoms with van der Waals surface area (Å²) in [6, 6.07) is 0. The van der Waals surface area contributed by atoms with Crippen LogP contribution in [-0.2, 0) is 9.47 Å². The van der Waals surface area contributed by atoms with E-state index < -0.39 is 0 Å². The van der Waals surface area contributed by atoms with Crippen LogP contribution >= 0.6 is 0 Å². The van der Waals surface area contributed by atoms with Gasteiger partial charge in [-0.1, -0.05) is 12.2 Å². The second kappa shape index (κ2) is 8.24. The van der Waals surface area contributed by atoms with Gasteiger partial charge in [-0.05, 0) is 13.0 Å². The van der Waals surface area contributed by atoms with Gasteiger partial charge in [0.25, 0.3) is 0 Å². The first kappa shape index (κ1) is 9.24. The minimum absolute atomic E-state index is 0.616. The molecule has 2 nitrogen and oxygen atoms in total. The first-order chi connectivity index (χ1) is 4.91. The third-order valence-corrected chi connectivity index (χ3v) is 0.884. The highest BCUT2D eigenvalue weighted by molar-refractivity contribution is 4.97. The fourth-order valence-corrected chi connectivity index (χ4v) is 0.412. The lowest BCUT2D eigenvalue weighted by Crippen LogP contribution is -1.96. The molecule has 0 unspecified atom stereocenters. The molecule has 0 saturated heterocycles. The molecular weight excluding hydrogens is 128 g/mol. The lowest BCUT2D eigenvalue weighted by atomic mass is 10.5. The maximum Gasteiger partial charge on any atom is 0.111 e. The molecule has 0 radical (unpaired) electrons. The van der Waals surface area contributed by atoms with Crippen molar-refractivity contribution in [1.82, 2.24) is 0 Å². The molecule has 0 rings (SSSR count). The van der Waals surface area contributed by atoms with Crippen LogP contribution in [0, 0.1) is 0 Å². The molecule has 0 amide bonds. The molecule has 0 N–H and O–H groups in total. The lowest BCUT2D eigenvalue weighted by molar-refractivity contribution is 0.123. The first-order valence-corrected chi connectivity index (χ1v) is 3.30. The van der Waals surface area contributed by atoms with E-state index in [0.717, 1.165) is 0 Å². The van der Waals surface area contributed by atoms with E-state index in [2.05, 4.69) is 0 Å².